The first-order valence-corrected chi connectivity index (χ1v) is 8.03. The molecule has 0 fully saturated rings. The smallest absolute Gasteiger partial charge is 0.308 e. The van der Waals surface area contributed by atoms with Crippen LogP contribution in [0.5, 0.6) is 17.2 Å². The molecule has 2 rings (SSSR count). The minimum atomic E-state index is -0.371. The predicted molar refractivity (Wildman–Crippen MR) is 93.9 cm³/mol. The highest BCUT2D eigenvalue weighted by molar-refractivity contribution is 5.70. The van der Waals surface area contributed by atoms with E-state index in [2.05, 4.69) is 26.0 Å². The fourth-order valence-electron chi connectivity index (χ4n) is 2.67. The molecule has 0 spiro atoms. The lowest BCUT2D eigenvalue weighted by molar-refractivity contribution is -0.131. The maximum atomic E-state index is 11.3. The van der Waals surface area contributed by atoms with E-state index in [1.165, 1.54) is 18.1 Å². The zero-order valence-corrected chi connectivity index (χ0v) is 14.9. The molecular weight excluding hydrogens is 304 g/mol. The van der Waals surface area contributed by atoms with Crippen molar-refractivity contribution in [2.45, 2.75) is 40.7 Å². The first kappa shape index (κ1) is 17.9. The molecular formula is C20H24O4. The fourth-order valence-corrected chi connectivity index (χ4v) is 2.67. The Kier molecular flexibility index (Phi) is 5.85. The van der Waals surface area contributed by atoms with Gasteiger partial charge in [-0.1, -0.05) is 19.1 Å². The second kappa shape index (κ2) is 7.86. The zero-order chi connectivity index (χ0) is 17.7. The maximum Gasteiger partial charge on any atom is 0.308 e. The molecule has 0 saturated heterocycles. The average Bonchev–Trinajstić information content (AvgIpc) is 2.55. The second-order valence-corrected chi connectivity index (χ2v) is 5.72. The Morgan fingerprint density at radius 3 is 2.38 bits per heavy atom. The molecule has 0 aliphatic heterocycles. The number of carbonyl (C=O) groups excluding carboxylic acids is 1. The van der Waals surface area contributed by atoms with Crippen LogP contribution in [-0.2, 0) is 17.8 Å². The largest absolute Gasteiger partial charge is 0.496 e. The quantitative estimate of drug-likeness (QED) is 0.583. The van der Waals surface area contributed by atoms with Crippen LogP contribution in [-0.4, -0.2) is 13.1 Å². The lowest BCUT2D eigenvalue weighted by atomic mass is 10.0. The predicted octanol–water partition coefficient (Wildman–Crippen LogP) is 4.38. The summed E-state index contributed by atoms with van der Waals surface area (Å²) in [5, 5.41) is 0. The van der Waals surface area contributed by atoms with Crippen molar-refractivity contribution in [3.8, 4) is 17.2 Å². The van der Waals surface area contributed by atoms with Crippen molar-refractivity contribution in [1.29, 1.82) is 0 Å². The SMILES string of the molecule is CCc1cc(C)c(OCc2c(OC)cccc2OC(C)=O)cc1C. The third kappa shape index (κ3) is 4.07. The molecule has 0 aromatic heterocycles. The molecule has 2 aromatic carbocycles. The lowest BCUT2D eigenvalue weighted by Gasteiger charge is -2.16. The van der Waals surface area contributed by atoms with Gasteiger partial charge in [0, 0.05) is 6.92 Å². The Labute approximate surface area is 143 Å². The van der Waals surface area contributed by atoms with E-state index in [4.69, 9.17) is 14.2 Å². The lowest BCUT2D eigenvalue weighted by Crippen LogP contribution is -2.07. The number of hydrogen-bond donors (Lipinski definition) is 0. The molecule has 0 radical (unpaired) electrons. The van der Waals surface area contributed by atoms with Crippen LogP contribution in [0.25, 0.3) is 0 Å². The monoisotopic (exact) mass is 328 g/mol. The molecule has 0 bridgehead atoms. The number of aryl methyl sites for hydroxylation is 3. The van der Waals surface area contributed by atoms with E-state index in [0.29, 0.717) is 17.1 Å². The minimum absolute atomic E-state index is 0.262. The summed E-state index contributed by atoms with van der Waals surface area (Å²) in [5.41, 5.74) is 4.32. The Balaban J connectivity index is 2.28. The van der Waals surface area contributed by atoms with Crippen molar-refractivity contribution < 1.29 is 19.0 Å². The van der Waals surface area contributed by atoms with E-state index in [1.807, 2.05) is 13.0 Å². The highest BCUT2D eigenvalue weighted by Crippen LogP contribution is 2.31. The molecule has 0 unspecified atom stereocenters. The van der Waals surface area contributed by atoms with E-state index in [1.54, 1.807) is 19.2 Å². The first-order valence-electron chi connectivity index (χ1n) is 8.03. The third-order valence-corrected chi connectivity index (χ3v) is 3.95. The van der Waals surface area contributed by atoms with Crippen LogP contribution < -0.4 is 14.2 Å². The van der Waals surface area contributed by atoms with E-state index in [9.17, 15) is 4.79 Å². The number of hydrogen-bond acceptors (Lipinski definition) is 4. The van der Waals surface area contributed by atoms with Gasteiger partial charge in [-0.2, -0.15) is 0 Å². The summed E-state index contributed by atoms with van der Waals surface area (Å²) in [6.07, 6.45) is 0.996. The maximum absolute atomic E-state index is 11.3. The number of esters is 1. The van der Waals surface area contributed by atoms with Gasteiger partial charge >= 0.3 is 5.97 Å². The molecule has 24 heavy (non-hydrogen) atoms. The Hall–Kier alpha value is -2.49. The number of methoxy groups -OCH3 is 1. The van der Waals surface area contributed by atoms with Crippen LogP contribution in [0.1, 0.15) is 36.1 Å². The molecule has 2 aromatic rings. The molecule has 128 valence electrons. The molecule has 0 heterocycles. The highest BCUT2D eigenvalue weighted by Gasteiger charge is 2.14. The van der Waals surface area contributed by atoms with Crippen molar-refractivity contribution in [3.63, 3.8) is 0 Å². The fraction of sp³-hybridized carbons (Fsp3) is 0.350. The van der Waals surface area contributed by atoms with Crippen molar-refractivity contribution in [2.24, 2.45) is 0 Å². The van der Waals surface area contributed by atoms with Gasteiger partial charge in [0.15, 0.2) is 0 Å². The highest BCUT2D eigenvalue weighted by atomic mass is 16.5. The molecule has 0 aliphatic rings. The van der Waals surface area contributed by atoms with Gasteiger partial charge in [-0.05, 0) is 55.2 Å². The van der Waals surface area contributed by atoms with Gasteiger partial charge in [-0.25, -0.2) is 0 Å². The summed E-state index contributed by atoms with van der Waals surface area (Å²) < 4.78 is 16.6. The van der Waals surface area contributed by atoms with Crippen LogP contribution in [0.2, 0.25) is 0 Å². The second-order valence-electron chi connectivity index (χ2n) is 5.72. The van der Waals surface area contributed by atoms with Crippen molar-refractivity contribution in [2.75, 3.05) is 7.11 Å². The van der Waals surface area contributed by atoms with E-state index >= 15 is 0 Å². The summed E-state index contributed by atoms with van der Waals surface area (Å²) in [4.78, 5) is 11.3. The van der Waals surface area contributed by atoms with Gasteiger partial charge in [0.05, 0.1) is 12.7 Å². The molecule has 0 amide bonds. The molecule has 0 saturated carbocycles. The average molecular weight is 328 g/mol. The Bertz CT molecular complexity index is 735. The van der Waals surface area contributed by atoms with E-state index in [-0.39, 0.29) is 12.6 Å². The molecule has 4 heteroatoms. The van der Waals surface area contributed by atoms with Crippen LogP contribution in [0, 0.1) is 13.8 Å². The molecule has 0 aliphatic carbocycles. The van der Waals surface area contributed by atoms with Crippen molar-refractivity contribution in [1.82, 2.24) is 0 Å². The van der Waals surface area contributed by atoms with Gasteiger partial charge in [0.1, 0.15) is 23.9 Å². The van der Waals surface area contributed by atoms with Gasteiger partial charge in [-0.15, -0.1) is 0 Å². The Morgan fingerprint density at radius 2 is 1.75 bits per heavy atom. The van der Waals surface area contributed by atoms with Crippen LogP contribution in [0.4, 0.5) is 0 Å². The van der Waals surface area contributed by atoms with E-state index in [0.717, 1.165) is 17.7 Å². The van der Waals surface area contributed by atoms with Gasteiger partial charge in [-0.3, -0.25) is 4.79 Å². The summed E-state index contributed by atoms with van der Waals surface area (Å²) >= 11 is 0. The third-order valence-electron chi connectivity index (χ3n) is 3.95. The summed E-state index contributed by atoms with van der Waals surface area (Å²) in [7, 11) is 1.59. The van der Waals surface area contributed by atoms with Gasteiger partial charge in [0.2, 0.25) is 0 Å². The van der Waals surface area contributed by atoms with Crippen LogP contribution >= 0.6 is 0 Å². The van der Waals surface area contributed by atoms with Gasteiger partial charge in [0.25, 0.3) is 0 Å². The summed E-state index contributed by atoms with van der Waals surface area (Å²) in [5.74, 6) is 1.54. The topological polar surface area (TPSA) is 44.8 Å². The number of rotatable bonds is 6. The normalized spacial score (nSPS) is 10.4. The van der Waals surface area contributed by atoms with Gasteiger partial charge < -0.3 is 14.2 Å². The zero-order valence-electron chi connectivity index (χ0n) is 14.9. The summed E-state index contributed by atoms with van der Waals surface area (Å²) in [6.45, 7) is 7.89. The summed E-state index contributed by atoms with van der Waals surface area (Å²) in [6, 6.07) is 9.55. The number of benzene rings is 2. The van der Waals surface area contributed by atoms with Crippen molar-refractivity contribution >= 4 is 5.97 Å². The van der Waals surface area contributed by atoms with Crippen molar-refractivity contribution in [3.05, 3.63) is 52.6 Å². The molecule has 0 N–H and O–H groups in total. The van der Waals surface area contributed by atoms with Crippen LogP contribution in [0.3, 0.4) is 0 Å². The van der Waals surface area contributed by atoms with E-state index < -0.39 is 0 Å². The Morgan fingerprint density at radius 1 is 1.04 bits per heavy atom. The number of carbonyl (C=O) groups is 1. The standard InChI is InChI=1S/C20H24O4/c1-6-16-10-14(3)20(11-13(16)2)23-12-17-18(22-5)8-7-9-19(17)24-15(4)21/h7-11H,6,12H2,1-5H3. The molecule has 4 nitrogen and oxygen atoms in total. The van der Waals surface area contributed by atoms with Crippen LogP contribution in [0.15, 0.2) is 30.3 Å². The minimum Gasteiger partial charge on any atom is -0.496 e. The molecule has 0 atom stereocenters. The first-order chi connectivity index (χ1) is 11.5. The number of ether oxygens (including phenoxy) is 3.